The first kappa shape index (κ1) is 17.2. The smallest absolute Gasteiger partial charge is 0.255 e. The number of carbonyl (C=O) groups is 1. The van der Waals surface area contributed by atoms with Gasteiger partial charge < -0.3 is 20.4 Å². The van der Waals surface area contributed by atoms with Gasteiger partial charge in [-0.3, -0.25) is 4.79 Å². The van der Waals surface area contributed by atoms with Crippen LogP contribution in [0.15, 0.2) is 42.9 Å². The number of anilines is 2. The lowest BCUT2D eigenvalue weighted by Gasteiger charge is -2.16. The Kier molecular flexibility index (Phi) is 3.94. The predicted octanol–water partition coefficient (Wildman–Crippen LogP) is 2.90. The minimum atomic E-state index is -0.493. The van der Waals surface area contributed by atoms with Crippen LogP contribution in [0.25, 0.3) is 16.9 Å². The number of carbonyl (C=O) groups excluding carboxylic acids is 1. The zero-order valence-electron chi connectivity index (χ0n) is 15.5. The molecule has 5 rings (SSSR count). The molecular formula is C20H17FN6O2. The highest BCUT2D eigenvalue weighted by molar-refractivity contribution is 6.07. The van der Waals surface area contributed by atoms with Crippen LogP contribution in [-0.2, 0) is 6.42 Å². The first-order valence-corrected chi connectivity index (χ1v) is 9.08. The van der Waals surface area contributed by atoms with E-state index in [1.807, 2.05) is 6.07 Å². The first-order chi connectivity index (χ1) is 14.2. The molecule has 0 saturated heterocycles. The van der Waals surface area contributed by atoms with E-state index in [-0.39, 0.29) is 11.7 Å². The van der Waals surface area contributed by atoms with E-state index in [1.165, 1.54) is 13.2 Å². The number of nitrogens with zero attached hydrogens (tertiary/aromatic N) is 3. The van der Waals surface area contributed by atoms with E-state index in [0.29, 0.717) is 41.2 Å². The molecule has 0 radical (unpaired) electrons. The summed E-state index contributed by atoms with van der Waals surface area (Å²) in [7, 11) is 1.40. The maximum absolute atomic E-state index is 14.2. The van der Waals surface area contributed by atoms with Crippen molar-refractivity contribution in [1.29, 1.82) is 0 Å². The van der Waals surface area contributed by atoms with Gasteiger partial charge in [-0.1, -0.05) is 6.07 Å². The standard InChI is InChI=1S/C20H17FN6O2/c1-29-18-12(21)3-2-4-14(18)26-17-15-13(6-7-23-20(15)28)25-16(17)11-5-8-24-27-10-9-22-19(11)27/h2-5,8-10,25-26H,6-7H2,1H3,(H,23,28). The number of nitrogens with one attached hydrogen (secondary N) is 3. The zero-order valence-corrected chi connectivity index (χ0v) is 15.5. The Labute approximate surface area is 164 Å². The number of hydrogen-bond donors (Lipinski definition) is 3. The number of fused-ring (bicyclic) bond motifs is 2. The van der Waals surface area contributed by atoms with Crippen molar-refractivity contribution in [2.24, 2.45) is 0 Å². The number of H-pyrrole nitrogens is 1. The Morgan fingerprint density at radius 3 is 3.03 bits per heavy atom. The van der Waals surface area contributed by atoms with E-state index in [0.717, 1.165) is 11.3 Å². The second kappa shape index (κ2) is 6.62. The van der Waals surface area contributed by atoms with Crippen molar-refractivity contribution >= 4 is 22.9 Å². The minimum absolute atomic E-state index is 0.0744. The highest BCUT2D eigenvalue weighted by atomic mass is 19.1. The summed E-state index contributed by atoms with van der Waals surface area (Å²) >= 11 is 0. The molecule has 3 N–H and O–H groups in total. The van der Waals surface area contributed by atoms with Crippen LogP contribution >= 0.6 is 0 Å². The molecular weight excluding hydrogens is 375 g/mol. The highest BCUT2D eigenvalue weighted by Crippen LogP contribution is 2.40. The molecule has 4 aromatic rings. The van der Waals surface area contributed by atoms with Gasteiger partial charge in [0, 0.05) is 42.8 Å². The summed E-state index contributed by atoms with van der Waals surface area (Å²) in [5.74, 6) is -0.613. The van der Waals surface area contributed by atoms with E-state index in [9.17, 15) is 9.18 Å². The van der Waals surface area contributed by atoms with Crippen molar-refractivity contribution in [3.05, 3.63) is 59.9 Å². The fourth-order valence-electron chi connectivity index (χ4n) is 3.69. The molecule has 1 aromatic carbocycles. The SMILES string of the molecule is COc1c(F)cccc1Nc1c(-c2ccnn3ccnc23)[nH]c2c1C(=O)NCC2. The Bertz CT molecular complexity index is 1250. The molecule has 0 fully saturated rings. The van der Waals surface area contributed by atoms with Crippen molar-refractivity contribution < 1.29 is 13.9 Å². The normalized spacial score (nSPS) is 13.2. The molecule has 1 aliphatic rings. The van der Waals surface area contributed by atoms with Crippen molar-refractivity contribution in [2.75, 3.05) is 19.0 Å². The van der Waals surface area contributed by atoms with E-state index in [1.54, 1.807) is 35.2 Å². The third kappa shape index (κ3) is 2.70. The topological polar surface area (TPSA) is 96.3 Å². The Hall–Kier alpha value is -3.88. The summed E-state index contributed by atoms with van der Waals surface area (Å²) in [6.07, 6.45) is 5.73. The van der Waals surface area contributed by atoms with Gasteiger partial charge in [-0.05, 0) is 18.2 Å². The third-order valence-electron chi connectivity index (χ3n) is 4.96. The number of hydrogen-bond acceptors (Lipinski definition) is 5. The number of para-hydroxylation sites is 1. The number of imidazole rings is 1. The van der Waals surface area contributed by atoms with Crippen LogP contribution in [0.1, 0.15) is 16.1 Å². The predicted molar refractivity (Wildman–Crippen MR) is 105 cm³/mol. The van der Waals surface area contributed by atoms with Crippen LogP contribution in [0.3, 0.4) is 0 Å². The highest BCUT2D eigenvalue weighted by Gasteiger charge is 2.28. The zero-order chi connectivity index (χ0) is 20.0. The summed E-state index contributed by atoms with van der Waals surface area (Å²) < 4.78 is 21.1. The van der Waals surface area contributed by atoms with Gasteiger partial charge in [0.25, 0.3) is 5.91 Å². The average Bonchev–Trinajstić information content (AvgIpc) is 3.34. The van der Waals surface area contributed by atoms with Crippen molar-refractivity contribution in [3.63, 3.8) is 0 Å². The lowest BCUT2D eigenvalue weighted by atomic mass is 10.1. The molecule has 29 heavy (non-hydrogen) atoms. The van der Waals surface area contributed by atoms with Gasteiger partial charge in [-0.15, -0.1) is 0 Å². The summed E-state index contributed by atoms with van der Waals surface area (Å²) in [6, 6.07) is 6.43. The molecule has 0 atom stereocenters. The number of halogens is 1. The van der Waals surface area contributed by atoms with Crippen molar-refractivity contribution in [3.8, 4) is 17.0 Å². The number of ether oxygens (including phenoxy) is 1. The average molecular weight is 392 g/mol. The monoisotopic (exact) mass is 392 g/mol. The molecule has 146 valence electrons. The molecule has 8 nitrogen and oxygen atoms in total. The number of aromatic nitrogens is 4. The summed E-state index contributed by atoms with van der Waals surface area (Å²) in [5.41, 5.74) is 4.35. The number of aromatic amines is 1. The Morgan fingerprint density at radius 1 is 1.28 bits per heavy atom. The van der Waals surface area contributed by atoms with Gasteiger partial charge in [0.2, 0.25) is 0 Å². The number of methoxy groups -OCH3 is 1. The molecule has 1 amide bonds. The van der Waals surface area contributed by atoms with E-state index in [2.05, 4.69) is 25.7 Å². The van der Waals surface area contributed by atoms with Crippen LogP contribution in [0.4, 0.5) is 15.8 Å². The largest absolute Gasteiger partial charge is 0.492 e. The fourth-order valence-corrected chi connectivity index (χ4v) is 3.69. The van der Waals surface area contributed by atoms with E-state index < -0.39 is 5.82 Å². The molecule has 0 aliphatic carbocycles. The van der Waals surface area contributed by atoms with Gasteiger partial charge in [0.15, 0.2) is 17.2 Å². The van der Waals surface area contributed by atoms with Crippen molar-refractivity contribution in [1.82, 2.24) is 24.9 Å². The number of amides is 1. The lowest BCUT2D eigenvalue weighted by molar-refractivity contribution is 0.0947. The molecule has 0 saturated carbocycles. The maximum atomic E-state index is 14.2. The van der Waals surface area contributed by atoms with Crippen LogP contribution in [0.5, 0.6) is 5.75 Å². The van der Waals surface area contributed by atoms with Gasteiger partial charge in [0.1, 0.15) is 0 Å². The van der Waals surface area contributed by atoms with E-state index >= 15 is 0 Å². The summed E-state index contributed by atoms with van der Waals surface area (Å²) in [5, 5.41) is 10.3. The Balaban J connectivity index is 1.74. The number of rotatable bonds is 4. The summed E-state index contributed by atoms with van der Waals surface area (Å²) in [6.45, 7) is 0.545. The summed E-state index contributed by atoms with van der Waals surface area (Å²) in [4.78, 5) is 20.4. The van der Waals surface area contributed by atoms with Crippen LogP contribution in [0, 0.1) is 5.82 Å². The molecule has 9 heteroatoms. The van der Waals surface area contributed by atoms with Crippen LogP contribution in [0.2, 0.25) is 0 Å². The molecule has 0 bridgehead atoms. The van der Waals surface area contributed by atoms with Gasteiger partial charge in [-0.25, -0.2) is 13.9 Å². The van der Waals surface area contributed by atoms with Crippen LogP contribution in [-0.4, -0.2) is 39.1 Å². The molecule has 3 aromatic heterocycles. The van der Waals surface area contributed by atoms with Gasteiger partial charge >= 0.3 is 0 Å². The fraction of sp³-hybridized carbons (Fsp3) is 0.150. The van der Waals surface area contributed by atoms with Gasteiger partial charge in [0.05, 0.1) is 29.7 Å². The molecule has 0 unspecified atom stereocenters. The van der Waals surface area contributed by atoms with E-state index in [4.69, 9.17) is 4.74 Å². The van der Waals surface area contributed by atoms with Crippen LogP contribution < -0.4 is 15.4 Å². The molecule has 0 spiro atoms. The third-order valence-corrected chi connectivity index (χ3v) is 4.96. The maximum Gasteiger partial charge on any atom is 0.255 e. The second-order valence-electron chi connectivity index (χ2n) is 6.62. The molecule has 1 aliphatic heterocycles. The lowest BCUT2D eigenvalue weighted by Crippen LogP contribution is -2.31. The van der Waals surface area contributed by atoms with Crippen molar-refractivity contribution in [2.45, 2.75) is 6.42 Å². The first-order valence-electron chi connectivity index (χ1n) is 9.08. The molecule has 4 heterocycles. The minimum Gasteiger partial charge on any atom is -0.492 e. The Morgan fingerprint density at radius 2 is 2.17 bits per heavy atom. The number of benzene rings is 1. The van der Waals surface area contributed by atoms with Gasteiger partial charge in [-0.2, -0.15) is 5.10 Å². The quantitative estimate of drug-likeness (QED) is 0.496. The second-order valence-corrected chi connectivity index (χ2v) is 6.62.